The van der Waals surface area contributed by atoms with Gasteiger partial charge in [-0.3, -0.25) is 14.5 Å². The average molecular weight is 361 g/mol. The normalized spacial score (nSPS) is 17.3. The topological polar surface area (TPSA) is 95.2 Å². The molecule has 1 aliphatic heterocycles. The lowest BCUT2D eigenvalue weighted by Gasteiger charge is -2.36. The minimum Gasteiger partial charge on any atom is -0.497 e. The van der Waals surface area contributed by atoms with Gasteiger partial charge < -0.3 is 24.4 Å². The Morgan fingerprint density at radius 2 is 1.88 bits per heavy atom. The molecule has 0 radical (unpaired) electrons. The van der Waals surface area contributed by atoms with Crippen LogP contribution in [0.4, 0.5) is 0 Å². The van der Waals surface area contributed by atoms with E-state index in [0.29, 0.717) is 35.3 Å². The van der Waals surface area contributed by atoms with Gasteiger partial charge in [-0.15, -0.1) is 0 Å². The first-order chi connectivity index (χ1) is 12.4. The summed E-state index contributed by atoms with van der Waals surface area (Å²) in [5.74, 6) is -1.31. The molecule has 2 heterocycles. The van der Waals surface area contributed by atoms with Gasteiger partial charge in [-0.2, -0.15) is 0 Å². The summed E-state index contributed by atoms with van der Waals surface area (Å²) in [5.41, 5.74) is 1.28. The molecule has 3 rings (SSSR count). The number of hydrogen-bond acceptors (Lipinski definition) is 5. The molecule has 0 bridgehead atoms. The molecule has 0 aliphatic carbocycles. The molecule has 140 valence electrons. The lowest BCUT2D eigenvalue weighted by molar-refractivity contribution is -0.144. The summed E-state index contributed by atoms with van der Waals surface area (Å²) in [6, 6.07) is 4.46. The van der Waals surface area contributed by atoms with Gasteiger partial charge in [0.05, 0.1) is 7.11 Å². The maximum absolute atomic E-state index is 12.1. The van der Waals surface area contributed by atoms with Crippen LogP contribution >= 0.6 is 0 Å². The van der Waals surface area contributed by atoms with Crippen LogP contribution in [-0.2, 0) is 16.1 Å². The SMILES string of the molecule is COc1ccc2c(c1)c(C(C(=O)O)N1CCN(C)CC1)cn2CC(=O)O. The van der Waals surface area contributed by atoms with Gasteiger partial charge in [-0.25, -0.2) is 0 Å². The molecule has 8 nitrogen and oxygen atoms in total. The first-order valence-corrected chi connectivity index (χ1v) is 8.44. The third-order valence-corrected chi connectivity index (χ3v) is 4.86. The molecule has 0 saturated carbocycles. The van der Waals surface area contributed by atoms with Crippen molar-refractivity contribution in [2.75, 3.05) is 40.3 Å². The highest BCUT2D eigenvalue weighted by Crippen LogP contribution is 2.33. The molecule has 2 N–H and O–H groups in total. The number of hydrogen-bond donors (Lipinski definition) is 2. The molecule has 8 heteroatoms. The number of likely N-dealkylation sites (N-methyl/N-ethyl adjacent to an activating group) is 1. The number of piperazine rings is 1. The lowest BCUT2D eigenvalue weighted by atomic mass is 10.0. The van der Waals surface area contributed by atoms with Gasteiger partial charge in [0.15, 0.2) is 0 Å². The number of rotatable bonds is 6. The van der Waals surface area contributed by atoms with Gasteiger partial charge in [0.25, 0.3) is 0 Å². The fourth-order valence-corrected chi connectivity index (χ4v) is 3.49. The number of benzene rings is 1. The van der Waals surface area contributed by atoms with Crippen LogP contribution in [0.1, 0.15) is 11.6 Å². The van der Waals surface area contributed by atoms with Crippen molar-refractivity contribution >= 4 is 22.8 Å². The molecule has 0 spiro atoms. The Balaban J connectivity index is 2.10. The molecule has 1 unspecified atom stereocenters. The van der Waals surface area contributed by atoms with Crippen LogP contribution in [0, 0.1) is 0 Å². The Labute approximate surface area is 151 Å². The Morgan fingerprint density at radius 3 is 2.46 bits per heavy atom. The van der Waals surface area contributed by atoms with Crippen LogP contribution < -0.4 is 4.74 Å². The molecule has 1 atom stereocenters. The molecule has 1 aromatic heterocycles. The minimum absolute atomic E-state index is 0.224. The highest BCUT2D eigenvalue weighted by Gasteiger charge is 2.32. The molecular formula is C18H23N3O5. The van der Waals surface area contributed by atoms with Gasteiger partial charge >= 0.3 is 11.9 Å². The average Bonchev–Trinajstić information content (AvgIpc) is 2.93. The van der Waals surface area contributed by atoms with Gasteiger partial charge in [-0.05, 0) is 25.2 Å². The predicted molar refractivity (Wildman–Crippen MR) is 95.6 cm³/mol. The molecule has 1 aromatic carbocycles. The van der Waals surface area contributed by atoms with Crippen molar-refractivity contribution in [1.29, 1.82) is 0 Å². The smallest absolute Gasteiger partial charge is 0.325 e. The number of carboxylic acids is 2. The first-order valence-electron chi connectivity index (χ1n) is 8.44. The Bertz CT molecular complexity index is 824. The number of carboxylic acid groups (broad SMARTS) is 2. The van der Waals surface area contributed by atoms with Crippen molar-refractivity contribution < 1.29 is 24.5 Å². The van der Waals surface area contributed by atoms with Crippen LogP contribution in [0.25, 0.3) is 10.9 Å². The van der Waals surface area contributed by atoms with Crippen molar-refractivity contribution in [1.82, 2.24) is 14.4 Å². The number of carbonyl (C=O) groups is 2. The zero-order chi connectivity index (χ0) is 18.8. The summed E-state index contributed by atoms with van der Waals surface area (Å²) in [6.45, 7) is 2.64. The number of ether oxygens (including phenoxy) is 1. The summed E-state index contributed by atoms with van der Waals surface area (Å²) < 4.78 is 6.86. The van der Waals surface area contributed by atoms with Crippen LogP contribution in [0.3, 0.4) is 0 Å². The predicted octanol–water partition coefficient (Wildman–Crippen LogP) is 1.11. The second kappa shape index (κ2) is 7.35. The maximum Gasteiger partial charge on any atom is 0.325 e. The Morgan fingerprint density at radius 1 is 1.19 bits per heavy atom. The fraction of sp³-hybridized carbons (Fsp3) is 0.444. The highest BCUT2D eigenvalue weighted by atomic mass is 16.5. The second-order valence-corrected chi connectivity index (χ2v) is 6.57. The molecule has 1 saturated heterocycles. The van der Waals surface area contributed by atoms with Crippen LogP contribution in [0.2, 0.25) is 0 Å². The van der Waals surface area contributed by atoms with E-state index in [4.69, 9.17) is 4.74 Å². The van der Waals surface area contributed by atoms with Crippen LogP contribution in [0.15, 0.2) is 24.4 Å². The van der Waals surface area contributed by atoms with E-state index in [2.05, 4.69) is 4.90 Å². The molecule has 2 aromatic rings. The monoisotopic (exact) mass is 361 g/mol. The number of methoxy groups -OCH3 is 1. The van der Waals surface area contributed by atoms with E-state index < -0.39 is 18.0 Å². The molecule has 26 heavy (non-hydrogen) atoms. The van der Waals surface area contributed by atoms with Crippen molar-refractivity contribution in [2.45, 2.75) is 12.6 Å². The number of aromatic nitrogens is 1. The lowest BCUT2D eigenvalue weighted by Crippen LogP contribution is -2.47. The van der Waals surface area contributed by atoms with Gasteiger partial charge in [-0.1, -0.05) is 0 Å². The van der Waals surface area contributed by atoms with E-state index in [1.54, 1.807) is 36.1 Å². The van der Waals surface area contributed by atoms with Gasteiger partial charge in [0, 0.05) is 48.8 Å². The summed E-state index contributed by atoms with van der Waals surface area (Å²) in [7, 11) is 3.56. The van der Waals surface area contributed by atoms with E-state index >= 15 is 0 Å². The number of nitrogens with zero attached hydrogens (tertiary/aromatic N) is 3. The van der Waals surface area contributed by atoms with Gasteiger partial charge in [0.2, 0.25) is 0 Å². The first kappa shape index (κ1) is 18.2. The minimum atomic E-state index is -0.976. The third-order valence-electron chi connectivity index (χ3n) is 4.86. The van der Waals surface area contributed by atoms with Crippen molar-refractivity contribution in [3.05, 3.63) is 30.0 Å². The third kappa shape index (κ3) is 3.51. The summed E-state index contributed by atoms with van der Waals surface area (Å²) in [4.78, 5) is 27.4. The molecule has 0 amide bonds. The Hall–Kier alpha value is -2.58. The van der Waals surface area contributed by atoms with Crippen molar-refractivity contribution in [2.24, 2.45) is 0 Å². The number of aliphatic carboxylic acids is 2. The van der Waals surface area contributed by atoms with Crippen molar-refractivity contribution in [3.8, 4) is 5.75 Å². The van der Waals surface area contributed by atoms with Crippen LogP contribution in [0.5, 0.6) is 5.75 Å². The quantitative estimate of drug-likeness (QED) is 0.796. The van der Waals surface area contributed by atoms with E-state index in [-0.39, 0.29) is 6.54 Å². The highest BCUT2D eigenvalue weighted by molar-refractivity contribution is 5.91. The molecule has 1 aliphatic rings. The van der Waals surface area contributed by atoms with E-state index in [0.717, 1.165) is 13.1 Å². The van der Waals surface area contributed by atoms with E-state index in [1.807, 2.05) is 11.9 Å². The Kier molecular flexibility index (Phi) is 5.15. The van der Waals surface area contributed by atoms with E-state index in [1.165, 1.54) is 0 Å². The molecule has 1 fully saturated rings. The maximum atomic E-state index is 12.1. The van der Waals surface area contributed by atoms with Crippen molar-refractivity contribution in [3.63, 3.8) is 0 Å². The summed E-state index contributed by atoms with van der Waals surface area (Å²) in [6.07, 6.45) is 1.65. The summed E-state index contributed by atoms with van der Waals surface area (Å²) >= 11 is 0. The number of fused-ring (bicyclic) bond motifs is 1. The second-order valence-electron chi connectivity index (χ2n) is 6.57. The summed E-state index contributed by atoms with van der Waals surface area (Å²) in [5, 5.41) is 19.8. The van der Waals surface area contributed by atoms with Gasteiger partial charge in [0.1, 0.15) is 18.3 Å². The fourth-order valence-electron chi connectivity index (χ4n) is 3.49. The standard InChI is InChI=1S/C18H23N3O5/c1-19-5-7-20(8-6-19)17(18(24)25)14-10-21(11-16(22)23)15-4-3-12(26-2)9-13(14)15/h3-4,9-10,17H,5-8,11H2,1-2H3,(H,22,23)(H,24,25). The van der Waals surface area contributed by atoms with Crippen LogP contribution in [-0.4, -0.2) is 76.9 Å². The molecular weight excluding hydrogens is 338 g/mol. The largest absolute Gasteiger partial charge is 0.497 e. The zero-order valence-corrected chi connectivity index (χ0v) is 14.9. The zero-order valence-electron chi connectivity index (χ0n) is 14.9. The van der Waals surface area contributed by atoms with E-state index in [9.17, 15) is 19.8 Å².